The van der Waals surface area contributed by atoms with Gasteiger partial charge in [-0.1, -0.05) is 12.1 Å². The molecule has 0 saturated carbocycles. The maximum Gasteiger partial charge on any atom is 0.258 e. The number of ether oxygens (including phenoxy) is 3. The number of hydrogen-bond donors (Lipinski definition) is 2. The van der Waals surface area contributed by atoms with E-state index in [1.165, 1.54) is 39.5 Å². The highest BCUT2D eigenvalue weighted by molar-refractivity contribution is 6.06. The molecule has 3 aromatic carbocycles. The highest BCUT2D eigenvalue weighted by Crippen LogP contribution is 2.38. The Hall–Kier alpha value is -4.07. The van der Waals surface area contributed by atoms with Crippen LogP contribution in [0.3, 0.4) is 0 Å². The van der Waals surface area contributed by atoms with E-state index in [-0.39, 0.29) is 11.5 Å². The Kier molecular flexibility index (Phi) is 6.71. The molecule has 0 atom stereocenters. The normalized spacial score (nSPS) is 10.2. The third-order valence-corrected chi connectivity index (χ3v) is 4.45. The maximum atomic E-state index is 13.7. The molecular formula is C23H21FN2O5. The van der Waals surface area contributed by atoms with Crippen LogP contribution in [-0.4, -0.2) is 33.1 Å². The van der Waals surface area contributed by atoms with Crippen molar-refractivity contribution in [2.45, 2.75) is 0 Å². The van der Waals surface area contributed by atoms with Gasteiger partial charge in [-0.2, -0.15) is 0 Å². The van der Waals surface area contributed by atoms with E-state index in [4.69, 9.17) is 14.2 Å². The quantitative estimate of drug-likeness (QED) is 0.589. The van der Waals surface area contributed by atoms with Gasteiger partial charge < -0.3 is 24.8 Å². The number of halogens is 1. The van der Waals surface area contributed by atoms with E-state index in [2.05, 4.69) is 10.6 Å². The fourth-order valence-electron chi connectivity index (χ4n) is 2.90. The maximum absolute atomic E-state index is 13.7. The first-order chi connectivity index (χ1) is 15.0. The molecule has 160 valence electrons. The zero-order valence-electron chi connectivity index (χ0n) is 17.2. The van der Waals surface area contributed by atoms with E-state index >= 15 is 0 Å². The largest absolute Gasteiger partial charge is 0.493 e. The Morgan fingerprint density at radius 1 is 0.742 bits per heavy atom. The first-order valence-electron chi connectivity index (χ1n) is 9.24. The number of methoxy groups -OCH3 is 3. The van der Waals surface area contributed by atoms with Gasteiger partial charge in [0.05, 0.1) is 26.9 Å². The van der Waals surface area contributed by atoms with E-state index in [1.54, 1.807) is 42.5 Å². The second-order valence-corrected chi connectivity index (χ2v) is 6.38. The summed E-state index contributed by atoms with van der Waals surface area (Å²) in [6.45, 7) is 0. The first-order valence-corrected chi connectivity index (χ1v) is 9.24. The van der Waals surface area contributed by atoms with Crippen molar-refractivity contribution in [3.63, 3.8) is 0 Å². The Labute approximate surface area is 178 Å². The number of rotatable bonds is 7. The van der Waals surface area contributed by atoms with Crippen molar-refractivity contribution in [3.8, 4) is 17.2 Å². The summed E-state index contributed by atoms with van der Waals surface area (Å²) in [5.74, 6) is -0.447. The van der Waals surface area contributed by atoms with Gasteiger partial charge in [-0.15, -0.1) is 0 Å². The minimum absolute atomic E-state index is 0.0534. The lowest BCUT2D eigenvalue weighted by atomic mass is 10.1. The van der Waals surface area contributed by atoms with Gasteiger partial charge in [-0.3, -0.25) is 9.59 Å². The highest BCUT2D eigenvalue weighted by Gasteiger charge is 2.17. The third kappa shape index (κ3) is 4.92. The van der Waals surface area contributed by atoms with Crippen LogP contribution in [0.4, 0.5) is 15.8 Å². The number of nitrogens with one attached hydrogen (secondary N) is 2. The van der Waals surface area contributed by atoms with Crippen molar-refractivity contribution in [1.82, 2.24) is 0 Å². The molecule has 31 heavy (non-hydrogen) atoms. The monoisotopic (exact) mass is 424 g/mol. The summed E-state index contributed by atoms with van der Waals surface area (Å²) in [6.07, 6.45) is 0. The van der Waals surface area contributed by atoms with Crippen LogP contribution in [0.5, 0.6) is 17.2 Å². The molecule has 0 radical (unpaired) electrons. The van der Waals surface area contributed by atoms with Crippen LogP contribution in [0, 0.1) is 5.82 Å². The van der Waals surface area contributed by atoms with Gasteiger partial charge in [0, 0.05) is 16.9 Å². The predicted octanol–water partition coefficient (Wildman–Crippen LogP) is 4.36. The van der Waals surface area contributed by atoms with Gasteiger partial charge in [0.2, 0.25) is 5.75 Å². The fraction of sp³-hybridized carbons (Fsp3) is 0.130. The van der Waals surface area contributed by atoms with Crippen LogP contribution in [0.15, 0.2) is 60.7 Å². The van der Waals surface area contributed by atoms with Crippen LogP contribution >= 0.6 is 0 Å². The molecule has 2 N–H and O–H groups in total. The summed E-state index contributed by atoms with van der Waals surface area (Å²) in [5.41, 5.74) is 1.22. The molecule has 0 unspecified atom stereocenters. The second kappa shape index (κ2) is 9.62. The molecule has 8 heteroatoms. The van der Waals surface area contributed by atoms with Crippen molar-refractivity contribution >= 4 is 23.2 Å². The number of amides is 2. The van der Waals surface area contributed by atoms with E-state index in [0.29, 0.717) is 34.2 Å². The molecule has 0 heterocycles. The number of anilines is 2. The average molecular weight is 424 g/mol. The van der Waals surface area contributed by atoms with E-state index in [1.807, 2.05) is 0 Å². The molecule has 0 aliphatic heterocycles. The van der Waals surface area contributed by atoms with Gasteiger partial charge in [0.1, 0.15) is 5.82 Å². The molecule has 0 saturated heterocycles. The number of hydrogen-bond acceptors (Lipinski definition) is 5. The molecule has 0 aromatic heterocycles. The van der Waals surface area contributed by atoms with Gasteiger partial charge in [-0.05, 0) is 48.5 Å². The van der Waals surface area contributed by atoms with Crippen molar-refractivity contribution in [3.05, 3.63) is 77.6 Å². The lowest BCUT2D eigenvalue weighted by Crippen LogP contribution is -2.14. The lowest BCUT2D eigenvalue weighted by Gasteiger charge is -2.14. The molecule has 7 nitrogen and oxygen atoms in total. The molecule has 0 aliphatic carbocycles. The van der Waals surface area contributed by atoms with Crippen molar-refractivity contribution in [2.24, 2.45) is 0 Å². The fourth-order valence-corrected chi connectivity index (χ4v) is 2.90. The van der Waals surface area contributed by atoms with Crippen LogP contribution in [0.1, 0.15) is 20.7 Å². The predicted molar refractivity (Wildman–Crippen MR) is 115 cm³/mol. The van der Waals surface area contributed by atoms with Crippen molar-refractivity contribution in [2.75, 3.05) is 32.0 Å². The highest BCUT2D eigenvalue weighted by atomic mass is 19.1. The van der Waals surface area contributed by atoms with Crippen molar-refractivity contribution < 1.29 is 28.2 Å². The first kappa shape index (κ1) is 21.6. The summed E-state index contributed by atoms with van der Waals surface area (Å²) < 4.78 is 29.5. The Balaban J connectivity index is 1.72. The number of carbonyl (C=O) groups excluding carboxylic acids is 2. The van der Waals surface area contributed by atoms with Crippen molar-refractivity contribution in [1.29, 1.82) is 0 Å². The zero-order valence-corrected chi connectivity index (χ0v) is 17.2. The summed E-state index contributed by atoms with van der Waals surface area (Å²) in [6, 6.07) is 15.2. The Morgan fingerprint density at radius 2 is 1.26 bits per heavy atom. The van der Waals surface area contributed by atoms with Gasteiger partial charge in [-0.25, -0.2) is 4.39 Å². The standard InChI is InChI=1S/C23H21FN2O5/c1-29-19-12-14(13-20(30-2)21(19)31-3)22(27)25-15-8-10-16(11-9-15)26-23(28)17-6-4-5-7-18(17)24/h4-13H,1-3H3,(H,25,27)(H,26,28). The summed E-state index contributed by atoms with van der Waals surface area (Å²) in [4.78, 5) is 24.9. The topological polar surface area (TPSA) is 85.9 Å². The Bertz CT molecular complexity index is 1070. The molecule has 0 fully saturated rings. The summed E-state index contributed by atoms with van der Waals surface area (Å²) in [7, 11) is 4.41. The minimum Gasteiger partial charge on any atom is -0.493 e. The molecule has 3 rings (SSSR count). The smallest absolute Gasteiger partial charge is 0.258 e. The second-order valence-electron chi connectivity index (χ2n) is 6.38. The molecule has 0 bridgehead atoms. The van der Waals surface area contributed by atoms with Crippen LogP contribution in [0.2, 0.25) is 0 Å². The minimum atomic E-state index is -0.603. The number of benzene rings is 3. The van der Waals surface area contributed by atoms with Gasteiger partial charge in [0.15, 0.2) is 11.5 Å². The van der Waals surface area contributed by atoms with E-state index in [0.717, 1.165) is 0 Å². The SMILES string of the molecule is COc1cc(C(=O)Nc2ccc(NC(=O)c3ccccc3F)cc2)cc(OC)c1OC. The molecule has 3 aromatic rings. The molecule has 2 amide bonds. The zero-order chi connectivity index (χ0) is 22.4. The summed E-state index contributed by atoms with van der Waals surface area (Å²) >= 11 is 0. The lowest BCUT2D eigenvalue weighted by molar-refractivity contribution is 0.101. The molecule has 0 spiro atoms. The van der Waals surface area contributed by atoms with Crippen LogP contribution in [0.25, 0.3) is 0 Å². The Morgan fingerprint density at radius 3 is 1.74 bits per heavy atom. The van der Waals surface area contributed by atoms with Crippen LogP contribution in [-0.2, 0) is 0 Å². The summed E-state index contributed by atoms with van der Waals surface area (Å²) in [5, 5.41) is 5.37. The van der Waals surface area contributed by atoms with Gasteiger partial charge in [0.25, 0.3) is 11.8 Å². The number of carbonyl (C=O) groups is 2. The van der Waals surface area contributed by atoms with Crippen LogP contribution < -0.4 is 24.8 Å². The average Bonchev–Trinajstić information content (AvgIpc) is 2.79. The van der Waals surface area contributed by atoms with E-state index < -0.39 is 11.7 Å². The molecule has 0 aliphatic rings. The third-order valence-electron chi connectivity index (χ3n) is 4.45. The van der Waals surface area contributed by atoms with E-state index in [9.17, 15) is 14.0 Å². The van der Waals surface area contributed by atoms with Gasteiger partial charge >= 0.3 is 0 Å². The molecular weight excluding hydrogens is 403 g/mol.